The van der Waals surface area contributed by atoms with Gasteiger partial charge in [0.1, 0.15) is 0 Å². The molecule has 76 valence electrons. The van der Waals surface area contributed by atoms with Crippen LogP contribution in [0.2, 0.25) is 0 Å². The smallest absolute Gasteiger partial charge is 0.248 e. The van der Waals surface area contributed by atoms with Gasteiger partial charge in [-0.1, -0.05) is 20.8 Å². The summed E-state index contributed by atoms with van der Waals surface area (Å²) in [6, 6.07) is 0. The minimum Gasteiger partial charge on any atom is -0.314 e. The third-order valence-corrected chi connectivity index (χ3v) is 2.01. The van der Waals surface area contributed by atoms with Crippen LogP contribution < -0.4 is 10.8 Å². The number of nitrogens with one attached hydrogen (secondary N) is 2. The maximum Gasteiger partial charge on any atom is 0.248 e. The highest BCUT2D eigenvalue weighted by molar-refractivity contribution is 5.80. The van der Waals surface area contributed by atoms with Gasteiger partial charge >= 0.3 is 0 Å². The van der Waals surface area contributed by atoms with Crippen LogP contribution in [0, 0.1) is 5.41 Å². The largest absolute Gasteiger partial charge is 0.314 e. The van der Waals surface area contributed by atoms with Crippen LogP contribution in [0.4, 0.5) is 0 Å². The van der Waals surface area contributed by atoms with Crippen molar-refractivity contribution in [2.45, 2.75) is 33.3 Å². The molecule has 1 rings (SSSR count). The monoisotopic (exact) mass is 186 g/mol. The molecule has 0 radical (unpaired) electrons. The van der Waals surface area contributed by atoms with Crippen molar-refractivity contribution in [3.05, 3.63) is 0 Å². The Balaban J connectivity index is 2.22. The van der Waals surface area contributed by atoms with Crippen LogP contribution in [-0.2, 0) is 9.63 Å². The first kappa shape index (κ1) is 10.5. The Kier molecular flexibility index (Phi) is 3.27. The van der Waals surface area contributed by atoms with Gasteiger partial charge in [-0.2, -0.15) is 0 Å². The second kappa shape index (κ2) is 4.07. The molecule has 4 heteroatoms. The summed E-state index contributed by atoms with van der Waals surface area (Å²) in [5, 5.41) is 3.16. The molecule has 1 atom stereocenters. The minimum atomic E-state index is -0.383. The van der Waals surface area contributed by atoms with Crippen LogP contribution in [0.3, 0.4) is 0 Å². The SMILES string of the molecule is CC(C)(C)C(=O)NOC1CCNC1. The van der Waals surface area contributed by atoms with Gasteiger partial charge in [-0.3, -0.25) is 9.63 Å². The molecule has 13 heavy (non-hydrogen) atoms. The summed E-state index contributed by atoms with van der Waals surface area (Å²) in [5.41, 5.74) is 2.10. The van der Waals surface area contributed by atoms with E-state index in [1.54, 1.807) is 0 Å². The molecule has 0 saturated carbocycles. The van der Waals surface area contributed by atoms with Gasteiger partial charge in [0.15, 0.2) is 0 Å². The fraction of sp³-hybridized carbons (Fsp3) is 0.889. The summed E-state index contributed by atoms with van der Waals surface area (Å²) in [7, 11) is 0. The molecule has 1 fully saturated rings. The summed E-state index contributed by atoms with van der Waals surface area (Å²) in [6.07, 6.45) is 1.09. The second-order valence-electron chi connectivity index (χ2n) is 4.41. The van der Waals surface area contributed by atoms with Gasteiger partial charge in [0.2, 0.25) is 5.91 Å². The van der Waals surface area contributed by atoms with Gasteiger partial charge in [0.25, 0.3) is 0 Å². The number of hydroxylamine groups is 1. The summed E-state index contributed by atoms with van der Waals surface area (Å²) in [5.74, 6) is -0.0700. The van der Waals surface area contributed by atoms with E-state index >= 15 is 0 Å². The summed E-state index contributed by atoms with van der Waals surface area (Å²) >= 11 is 0. The number of carbonyl (C=O) groups is 1. The van der Waals surface area contributed by atoms with E-state index in [1.165, 1.54) is 0 Å². The Hall–Kier alpha value is -0.610. The van der Waals surface area contributed by atoms with Gasteiger partial charge in [-0.15, -0.1) is 0 Å². The summed E-state index contributed by atoms with van der Waals surface area (Å²) in [4.78, 5) is 16.6. The Morgan fingerprint density at radius 2 is 2.23 bits per heavy atom. The molecule has 0 spiro atoms. The van der Waals surface area contributed by atoms with Gasteiger partial charge in [0, 0.05) is 12.0 Å². The molecule has 2 N–H and O–H groups in total. The van der Waals surface area contributed by atoms with E-state index in [-0.39, 0.29) is 17.4 Å². The zero-order valence-electron chi connectivity index (χ0n) is 8.52. The predicted octanol–water partition coefficient (Wildman–Crippen LogP) is 0.442. The number of amides is 1. The average molecular weight is 186 g/mol. The molecule has 0 aromatic carbocycles. The van der Waals surface area contributed by atoms with E-state index in [2.05, 4.69) is 10.8 Å². The topological polar surface area (TPSA) is 50.4 Å². The first-order chi connectivity index (χ1) is 6.00. The number of carbonyl (C=O) groups excluding carboxylic acids is 1. The van der Waals surface area contributed by atoms with Crippen molar-refractivity contribution in [3.8, 4) is 0 Å². The Labute approximate surface area is 79.0 Å². The first-order valence-electron chi connectivity index (χ1n) is 4.67. The highest BCUT2D eigenvalue weighted by atomic mass is 16.7. The molecule has 0 aliphatic carbocycles. The standard InChI is InChI=1S/C9H18N2O2/c1-9(2,3)8(12)11-13-7-4-5-10-6-7/h7,10H,4-6H2,1-3H3,(H,11,12). The Morgan fingerprint density at radius 1 is 1.54 bits per heavy atom. The van der Waals surface area contributed by atoms with Crippen molar-refractivity contribution in [2.75, 3.05) is 13.1 Å². The fourth-order valence-corrected chi connectivity index (χ4v) is 1.02. The highest BCUT2D eigenvalue weighted by Crippen LogP contribution is 2.12. The van der Waals surface area contributed by atoms with Crippen molar-refractivity contribution < 1.29 is 9.63 Å². The molecule has 1 aliphatic heterocycles. The Morgan fingerprint density at radius 3 is 2.69 bits per heavy atom. The number of hydrogen-bond donors (Lipinski definition) is 2. The average Bonchev–Trinajstić information content (AvgIpc) is 2.50. The molecule has 1 unspecified atom stereocenters. The number of hydrogen-bond acceptors (Lipinski definition) is 3. The van der Waals surface area contributed by atoms with Crippen LogP contribution in [0.1, 0.15) is 27.2 Å². The third-order valence-electron chi connectivity index (χ3n) is 2.01. The van der Waals surface area contributed by atoms with Crippen molar-refractivity contribution in [3.63, 3.8) is 0 Å². The van der Waals surface area contributed by atoms with E-state index in [4.69, 9.17) is 4.84 Å². The highest BCUT2D eigenvalue weighted by Gasteiger charge is 2.23. The molecule has 0 bridgehead atoms. The van der Waals surface area contributed by atoms with E-state index in [9.17, 15) is 4.79 Å². The molecule has 1 amide bonds. The predicted molar refractivity (Wildman–Crippen MR) is 50.0 cm³/mol. The summed E-state index contributed by atoms with van der Waals surface area (Å²) in [6.45, 7) is 7.37. The van der Waals surface area contributed by atoms with Gasteiger partial charge in [0.05, 0.1) is 6.10 Å². The van der Waals surface area contributed by atoms with E-state index in [0.29, 0.717) is 0 Å². The van der Waals surface area contributed by atoms with Gasteiger partial charge in [-0.05, 0) is 13.0 Å². The fourth-order valence-electron chi connectivity index (χ4n) is 1.02. The normalized spacial score (nSPS) is 23.2. The van der Waals surface area contributed by atoms with E-state index < -0.39 is 0 Å². The maximum atomic E-state index is 11.4. The third kappa shape index (κ3) is 3.32. The molecule has 1 saturated heterocycles. The molecule has 0 aromatic heterocycles. The van der Waals surface area contributed by atoms with E-state index in [1.807, 2.05) is 20.8 Å². The lowest BCUT2D eigenvalue weighted by atomic mass is 9.96. The van der Waals surface area contributed by atoms with Gasteiger partial charge < -0.3 is 5.32 Å². The zero-order chi connectivity index (χ0) is 9.90. The number of rotatable bonds is 2. The molecule has 0 aromatic rings. The minimum absolute atomic E-state index is 0.0700. The van der Waals surface area contributed by atoms with Crippen molar-refractivity contribution in [1.29, 1.82) is 0 Å². The molecule has 4 nitrogen and oxygen atoms in total. The molecular weight excluding hydrogens is 168 g/mol. The van der Waals surface area contributed by atoms with Crippen molar-refractivity contribution in [1.82, 2.24) is 10.8 Å². The van der Waals surface area contributed by atoms with Crippen molar-refractivity contribution in [2.24, 2.45) is 5.41 Å². The lowest BCUT2D eigenvalue weighted by Crippen LogP contribution is -2.38. The lowest BCUT2D eigenvalue weighted by Gasteiger charge is -2.19. The quantitative estimate of drug-likeness (QED) is 0.615. The van der Waals surface area contributed by atoms with Crippen LogP contribution in [0.25, 0.3) is 0 Å². The van der Waals surface area contributed by atoms with Crippen LogP contribution in [-0.4, -0.2) is 25.1 Å². The van der Waals surface area contributed by atoms with Crippen LogP contribution in [0.15, 0.2) is 0 Å². The molecule has 1 heterocycles. The second-order valence-corrected chi connectivity index (χ2v) is 4.41. The molecular formula is C9H18N2O2. The lowest BCUT2D eigenvalue weighted by molar-refractivity contribution is -0.145. The molecule has 1 aliphatic rings. The maximum absolute atomic E-state index is 11.4. The van der Waals surface area contributed by atoms with E-state index in [0.717, 1.165) is 19.5 Å². The zero-order valence-corrected chi connectivity index (χ0v) is 8.52. The Bertz CT molecular complexity index is 181. The van der Waals surface area contributed by atoms with Crippen LogP contribution in [0.5, 0.6) is 0 Å². The first-order valence-corrected chi connectivity index (χ1v) is 4.67. The summed E-state index contributed by atoms with van der Waals surface area (Å²) < 4.78 is 0. The van der Waals surface area contributed by atoms with Crippen LogP contribution >= 0.6 is 0 Å². The van der Waals surface area contributed by atoms with Crippen molar-refractivity contribution >= 4 is 5.91 Å². The van der Waals surface area contributed by atoms with Gasteiger partial charge in [-0.25, -0.2) is 5.48 Å².